The normalized spacial score (nSPS) is 19.2. The molecule has 226 valence electrons. The summed E-state index contributed by atoms with van der Waals surface area (Å²) in [5.41, 5.74) is 1.87. The van der Waals surface area contributed by atoms with Gasteiger partial charge in [-0.15, -0.1) is 0 Å². The van der Waals surface area contributed by atoms with Crippen LogP contribution < -0.4 is 4.74 Å². The average Bonchev–Trinajstić information content (AvgIpc) is 3.32. The molecule has 1 N–H and O–H groups in total. The van der Waals surface area contributed by atoms with Crippen LogP contribution in [0.4, 0.5) is 4.79 Å². The van der Waals surface area contributed by atoms with Crippen molar-refractivity contribution in [3.8, 4) is 11.5 Å². The predicted molar refractivity (Wildman–Crippen MR) is 169 cm³/mol. The van der Waals surface area contributed by atoms with Gasteiger partial charge in [0.05, 0.1) is 17.7 Å². The van der Waals surface area contributed by atoms with Gasteiger partial charge in [0.15, 0.2) is 0 Å². The second kappa shape index (κ2) is 12.1. The zero-order valence-electron chi connectivity index (χ0n) is 24.9. The van der Waals surface area contributed by atoms with Gasteiger partial charge in [-0.2, -0.15) is 0 Å². The van der Waals surface area contributed by atoms with Crippen LogP contribution in [0.25, 0.3) is 0 Å². The lowest BCUT2D eigenvalue weighted by Gasteiger charge is -2.43. The minimum absolute atomic E-state index is 0.0308. The number of halogens is 2. The standard InChI is InChI=1S/C33H36Cl2N4O4/c1-20(2)43-27-18-25(40)14-15-26(27)31-36-29(21-6-10-23(34)11-7-21)30(22-8-12-24(35)13-9-22)39(31)32(42)37-16-17-38(28(41)19-37)33(3,4)5/h6-15,18,20,29-30,40H,16-17,19H2,1-5H3. The molecule has 2 heterocycles. The van der Waals surface area contributed by atoms with Gasteiger partial charge in [-0.3, -0.25) is 14.7 Å². The fourth-order valence-corrected chi connectivity index (χ4v) is 5.85. The molecule has 2 unspecified atom stereocenters. The Morgan fingerprint density at radius 3 is 2.12 bits per heavy atom. The number of urea groups is 1. The van der Waals surface area contributed by atoms with Crippen molar-refractivity contribution in [2.24, 2.45) is 4.99 Å². The van der Waals surface area contributed by atoms with Crippen LogP contribution in [-0.2, 0) is 4.79 Å². The van der Waals surface area contributed by atoms with Gasteiger partial charge in [0.25, 0.3) is 0 Å². The Balaban J connectivity index is 1.66. The van der Waals surface area contributed by atoms with Gasteiger partial charge in [-0.25, -0.2) is 4.79 Å². The van der Waals surface area contributed by atoms with Crippen LogP contribution >= 0.6 is 23.2 Å². The zero-order valence-corrected chi connectivity index (χ0v) is 26.4. The first-order valence-electron chi connectivity index (χ1n) is 14.3. The van der Waals surface area contributed by atoms with Crippen molar-refractivity contribution in [3.05, 3.63) is 93.5 Å². The molecule has 0 aromatic heterocycles. The number of rotatable bonds is 5. The maximum atomic E-state index is 14.6. The molecule has 2 aliphatic heterocycles. The van der Waals surface area contributed by atoms with E-state index in [0.717, 1.165) is 11.1 Å². The Morgan fingerprint density at radius 1 is 0.953 bits per heavy atom. The lowest BCUT2D eigenvalue weighted by Crippen LogP contribution is -2.60. The summed E-state index contributed by atoms with van der Waals surface area (Å²) < 4.78 is 6.11. The van der Waals surface area contributed by atoms with Crippen LogP contribution in [0.2, 0.25) is 10.0 Å². The van der Waals surface area contributed by atoms with Gasteiger partial charge < -0.3 is 19.6 Å². The highest BCUT2D eigenvalue weighted by atomic mass is 35.5. The molecule has 1 saturated heterocycles. The van der Waals surface area contributed by atoms with Crippen molar-refractivity contribution in [2.75, 3.05) is 19.6 Å². The summed E-state index contributed by atoms with van der Waals surface area (Å²) in [7, 11) is 0. The molecule has 43 heavy (non-hydrogen) atoms. The average molecular weight is 624 g/mol. The van der Waals surface area contributed by atoms with E-state index >= 15 is 0 Å². The summed E-state index contributed by atoms with van der Waals surface area (Å²) >= 11 is 12.5. The number of ether oxygens (including phenoxy) is 1. The van der Waals surface area contributed by atoms with Crippen LogP contribution in [-0.4, -0.2) is 68.9 Å². The molecule has 8 nitrogen and oxygen atoms in total. The van der Waals surface area contributed by atoms with E-state index in [9.17, 15) is 14.7 Å². The highest BCUT2D eigenvalue weighted by Gasteiger charge is 2.46. The number of amides is 3. The number of phenols is 1. The van der Waals surface area contributed by atoms with Crippen LogP contribution in [0.5, 0.6) is 11.5 Å². The van der Waals surface area contributed by atoms with Gasteiger partial charge in [0.2, 0.25) is 5.91 Å². The van der Waals surface area contributed by atoms with E-state index < -0.39 is 12.1 Å². The third-order valence-electron chi connectivity index (χ3n) is 7.57. The SMILES string of the molecule is CC(C)Oc1cc(O)ccc1C1=NC(c2ccc(Cl)cc2)C(c2ccc(Cl)cc2)N1C(=O)N1CCN(C(C)(C)C)C(=O)C1. The molecule has 0 radical (unpaired) electrons. The summed E-state index contributed by atoms with van der Waals surface area (Å²) in [5.74, 6) is 0.692. The number of phenolic OH excluding ortho intramolecular Hbond substituents is 1. The third-order valence-corrected chi connectivity index (χ3v) is 8.07. The number of nitrogens with zero attached hydrogens (tertiary/aromatic N) is 4. The molecule has 5 rings (SSSR count). The number of hydrogen-bond donors (Lipinski definition) is 1. The van der Waals surface area contributed by atoms with E-state index in [0.29, 0.717) is 40.3 Å². The zero-order chi connectivity index (χ0) is 31.1. The molecule has 1 fully saturated rings. The first-order valence-corrected chi connectivity index (χ1v) is 15.1. The summed E-state index contributed by atoms with van der Waals surface area (Å²) in [6, 6.07) is 18.1. The molecule has 3 aromatic carbocycles. The lowest BCUT2D eigenvalue weighted by molar-refractivity contribution is -0.140. The highest BCUT2D eigenvalue weighted by molar-refractivity contribution is 6.30. The van der Waals surface area contributed by atoms with E-state index in [2.05, 4.69) is 0 Å². The smallest absolute Gasteiger partial charge is 0.326 e. The minimum Gasteiger partial charge on any atom is -0.508 e. The topological polar surface area (TPSA) is 85.7 Å². The predicted octanol–water partition coefficient (Wildman–Crippen LogP) is 7.09. The highest BCUT2D eigenvalue weighted by Crippen LogP contribution is 2.46. The van der Waals surface area contributed by atoms with Crippen LogP contribution in [0.3, 0.4) is 0 Å². The number of benzene rings is 3. The number of amidine groups is 1. The van der Waals surface area contributed by atoms with Crippen molar-refractivity contribution < 1.29 is 19.4 Å². The molecule has 0 spiro atoms. The van der Waals surface area contributed by atoms with Crippen molar-refractivity contribution >= 4 is 41.0 Å². The quantitative estimate of drug-likeness (QED) is 0.329. The Labute approximate surface area is 262 Å². The Morgan fingerprint density at radius 2 is 1.56 bits per heavy atom. The van der Waals surface area contributed by atoms with Gasteiger partial charge in [-0.1, -0.05) is 47.5 Å². The van der Waals surface area contributed by atoms with Crippen LogP contribution in [0.15, 0.2) is 71.7 Å². The second-order valence-corrected chi connectivity index (χ2v) is 13.0. The summed E-state index contributed by atoms with van der Waals surface area (Å²) in [6.45, 7) is 10.5. The Kier molecular flexibility index (Phi) is 8.63. The maximum Gasteiger partial charge on any atom is 0.326 e. The molecule has 3 aromatic rings. The second-order valence-electron chi connectivity index (χ2n) is 12.1. The molecule has 3 amide bonds. The van der Waals surface area contributed by atoms with Crippen molar-refractivity contribution in [1.29, 1.82) is 0 Å². The van der Waals surface area contributed by atoms with Gasteiger partial charge in [-0.05, 0) is 82.1 Å². The third kappa shape index (κ3) is 6.45. The first-order chi connectivity index (χ1) is 20.3. The van der Waals surface area contributed by atoms with Gasteiger partial charge in [0, 0.05) is 34.7 Å². The van der Waals surface area contributed by atoms with Gasteiger partial charge >= 0.3 is 6.03 Å². The molecule has 2 aliphatic rings. The monoisotopic (exact) mass is 622 g/mol. The number of aromatic hydroxyl groups is 1. The number of hydrogen-bond acceptors (Lipinski definition) is 5. The fraction of sp³-hybridized carbons (Fsp3) is 0.364. The summed E-state index contributed by atoms with van der Waals surface area (Å²) in [4.78, 5) is 38.1. The van der Waals surface area contributed by atoms with E-state index in [1.54, 1.807) is 51.1 Å². The number of piperazine rings is 1. The fourth-order valence-electron chi connectivity index (χ4n) is 5.60. The lowest BCUT2D eigenvalue weighted by atomic mass is 9.93. The van der Waals surface area contributed by atoms with E-state index in [1.807, 2.05) is 58.9 Å². The Hall–Kier alpha value is -3.75. The Bertz CT molecular complexity index is 1530. The van der Waals surface area contributed by atoms with E-state index in [4.69, 9.17) is 32.9 Å². The largest absolute Gasteiger partial charge is 0.508 e. The number of carbonyl (C=O) groups is 2. The minimum atomic E-state index is -0.572. The molecule has 0 saturated carbocycles. The maximum absolute atomic E-state index is 14.6. The van der Waals surface area contributed by atoms with Crippen LogP contribution in [0, 0.1) is 0 Å². The molecule has 0 bridgehead atoms. The van der Waals surface area contributed by atoms with Crippen molar-refractivity contribution in [1.82, 2.24) is 14.7 Å². The van der Waals surface area contributed by atoms with E-state index in [-0.39, 0.29) is 35.9 Å². The molecule has 2 atom stereocenters. The van der Waals surface area contributed by atoms with Gasteiger partial charge in [0.1, 0.15) is 29.9 Å². The first kappa shape index (κ1) is 30.7. The summed E-state index contributed by atoms with van der Waals surface area (Å²) in [6.07, 6.45) is -0.200. The van der Waals surface area contributed by atoms with Crippen molar-refractivity contribution in [2.45, 2.75) is 58.3 Å². The molecule has 0 aliphatic carbocycles. The molecular weight excluding hydrogens is 587 g/mol. The van der Waals surface area contributed by atoms with Crippen LogP contribution in [0.1, 0.15) is 63.4 Å². The summed E-state index contributed by atoms with van der Waals surface area (Å²) in [5, 5.41) is 11.5. The molecular formula is C33H36Cl2N4O4. The van der Waals surface area contributed by atoms with E-state index in [1.165, 1.54) is 6.07 Å². The molecule has 10 heteroatoms. The van der Waals surface area contributed by atoms with Crippen molar-refractivity contribution in [3.63, 3.8) is 0 Å². The number of carbonyl (C=O) groups excluding carboxylic acids is 2. The number of aliphatic imine (C=N–C) groups is 1.